The highest BCUT2D eigenvalue weighted by Crippen LogP contribution is 2.35. The summed E-state index contributed by atoms with van der Waals surface area (Å²) in [4.78, 5) is 12.4. The lowest BCUT2D eigenvalue weighted by molar-refractivity contribution is 0.256. The topological polar surface area (TPSA) is 66.6 Å². The number of hydrogen-bond donors (Lipinski definition) is 2. The fourth-order valence-electron chi connectivity index (χ4n) is 1.67. The van der Waals surface area contributed by atoms with Crippen molar-refractivity contribution in [2.24, 2.45) is 5.73 Å². The number of nitrogens with zero attached hydrogens (tertiary/aromatic N) is 1. The molecule has 0 saturated carbocycles. The zero-order chi connectivity index (χ0) is 14.0. The zero-order valence-corrected chi connectivity index (χ0v) is 9.68. The quantitative estimate of drug-likeness (QED) is 0.875. The third kappa shape index (κ3) is 2.33. The summed E-state index contributed by atoms with van der Waals surface area (Å²) in [6, 6.07) is 9.05. The van der Waals surface area contributed by atoms with Gasteiger partial charge in [-0.15, -0.1) is 0 Å². The van der Waals surface area contributed by atoms with Crippen LogP contribution in [-0.4, -0.2) is 11.1 Å². The van der Waals surface area contributed by atoms with Crippen LogP contribution in [0.3, 0.4) is 0 Å². The second kappa shape index (κ2) is 4.93. The molecule has 0 bridgehead atoms. The van der Waals surface area contributed by atoms with Crippen molar-refractivity contribution in [1.29, 1.82) is 0 Å². The van der Waals surface area contributed by atoms with Crippen molar-refractivity contribution < 1.29 is 18.7 Å². The van der Waals surface area contributed by atoms with Crippen LogP contribution in [0.15, 0.2) is 42.5 Å². The summed E-state index contributed by atoms with van der Waals surface area (Å²) in [5.41, 5.74) is 5.32. The monoisotopic (exact) mass is 264 g/mol. The zero-order valence-electron chi connectivity index (χ0n) is 9.68. The molecule has 0 spiro atoms. The number of carbonyl (C=O) groups excluding carboxylic acids is 1. The molecule has 3 N–H and O–H groups in total. The number of nitrogens with two attached hydrogens (primary N) is 1. The third-order valence-corrected chi connectivity index (χ3v) is 2.52. The summed E-state index contributed by atoms with van der Waals surface area (Å²) in [5, 5.41) is 9.59. The van der Waals surface area contributed by atoms with Crippen LogP contribution in [0.2, 0.25) is 0 Å². The minimum atomic E-state index is -1.43. The van der Waals surface area contributed by atoms with Crippen LogP contribution in [-0.2, 0) is 0 Å². The van der Waals surface area contributed by atoms with Gasteiger partial charge in [0.05, 0.1) is 11.4 Å². The van der Waals surface area contributed by atoms with Crippen LogP contribution in [0.1, 0.15) is 0 Å². The summed E-state index contributed by atoms with van der Waals surface area (Å²) in [5.74, 6) is -3.61. The van der Waals surface area contributed by atoms with E-state index in [1.54, 1.807) is 30.3 Å². The first-order valence-electron chi connectivity index (χ1n) is 5.34. The van der Waals surface area contributed by atoms with E-state index in [1.807, 2.05) is 0 Å². The summed E-state index contributed by atoms with van der Waals surface area (Å²) in [7, 11) is 0. The molecule has 0 aliphatic carbocycles. The van der Waals surface area contributed by atoms with Gasteiger partial charge in [-0.3, -0.25) is 4.90 Å². The predicted molar refractivity (Wildman–Crippen MR) is 66.2 cm³/mol. The number of amides is 2. The summed E-state index contributed by atoms with van der Waals surface area (Å²) < 4.78 is 26.3. The van der Waals surface area contributed by atoms with Gasteiger partial charge in [0, 0.05) is 0 Å². The normalized spacial score (nSPS) is 10.2. The Labute approximate surface area is 107 Å². The van der Waals surface area contributed by atoms with E-state index in [2.05, 4.69) is 0 Å². The summed E-state index contributed by atoms with van der Waals surface area (Å²) in [6.45, 7) is 0. The molecule has 19 heavy (non-hydrogen) atoms. The Morgan fingerprint density at radius 3 is 2.32 bits per heavy atom. The summed E-state index contributed by atoms with van der Waals surface area (Å²) >= 11 is 0. The van der Waals surface area contributed by atoms with E-state index < -0.39 is 23.4 Å². The molecule has 0 unspecified atom stereocenters. The van der Waals surface area contributed by atoms with Crippen molar-refractivity contribution in [3.63, 3.8) is 0 Å². The summed E-state index contributed by atoms with van der Waals surface area (Å²) in [6.07, 6.45) is 0. The second-order valence-corrected chi connectivity index (χ2v) is 3.74. The minimum absolute atomic E-state index is 0.224. The fraction of sp³-hybridized carbons (Fsp3) is 0. The number of carbonyl (C=O) groups is 1. The first-order chi connectivity index (χ1) is 9.02. The number of halogens is 2. The van der Waals surface area contributed by atoms with Gasteiger partial charge in [0.1, 0.15) is 0 Å². The smallest absolute Gasteiger partial charge is 0.324 e. The van der Waals surface area contributed by atoms with Gasteiger partial charge < -0.3 is 10.8 Å². The van der Waals surface area contributed by atoms with Crippen molar-refractivity contribution in [3.8, 4) is 5.75 Å². The van der Waals surface area contributed by atoms with E-state index >= 15 is 0 Å². The molecule has 0 aromatic heterocycles. The number of primary amides is 1. The van der Waals surface area contributed by atoms with E-state index in [9.17, 15) is 18.7 Å². The highest BCUT2D eigenvalue weighted by atomic mass is 19.2. The minimum Gasteiger partial charge on any atom is -0.503 e. The van der Waals surface area contributed by atoms with Gasteiger partial charge in [0.15, 0.2) is 11.6 Å². The van der Waals surface area contributed by atoms with Crippen LogP contribution in [0.4, 0.5) is 25.0 Å². The van der Waals surface area contributed by atoms with Crippen LogP contribution >= 0.6 is 0 Å². The molecular formula is C13H10F2N2O2. The van der Waals surface area contributed by atoms with Gasteiger partial charge in [-0.25, -0.2) is 9.18 Å². The Kier molecular flexibility index (Phi) is 3.33. The molecule has 6 heteroatoms. The van der Waals surface area contributed by atoms with E-state index in [0.29, 0.717) is 5.69 Å². The van der Waals surface area contributed by atoms with E-state index in [1.165, 1.54) is 0 Å². The maximum absolute atomic E-state index is 13.3. The average molecular weight is 264 g/mol. The van der Waals surface area contributed by atoms with Crippen LogP contribution in [0, 0.1) is 11.6 Å². The molecule has 0 radical (unpaired) electrons. The van der Waals surface area contributed by atoms with E-state index in [0.717, 1.165) is 17.0 Å². The third-order valence-electron chi connectivity index (χ3n) is 2.52. The van der Waals surface area contributed by atoms with Gasteiger partial charge in [-0.2, -0.15) is 4.39 Å². The number of phenols is 1. The number of anilines is 2. The van der Waals surface area contributed by atoms with Crippen molar-refractivity contribution >= 4 is 17.4 Å². The molecule has 4 nitrogen and oxygen atoms in total. The number of urea groups is 1. The molecule has 0 heterocycles. The number of hydrogen-bond acceptors (Lipinski definition) is 2. The molecule has 2 aromatic rings. The maximum Gasteiger partial charge on any atom is 0.324 e. The number of para-hydroxylation sites is 1. The number of aromatic hydroxyl groups is 1. The number of benzene rings is 2. The molecule has 0 saturated heterocycles. The average Bonchev–Trinajstić information content (AvgIpc) is 2.40. The fourth-order valence-corrected chi connectivity index (χ4v) is 1.67. The SMILES string of the molecule is NC(=O)N(c1ccccc1)c1ccc(F)c(F)c1O. The van der Waals surface area contributed by atoms with Crippen LogP contribution < -0.4 is 10.6 Å². The number of rotatable bonds is 2. The predicted octanol–water partition coefficient (Wildman–Crippen LogP) is 2.89. The molecule has 2 rings (SSSR count). The first kappa shape index (κ1) is 12.8. The Morgan fingerprint density at radius 1 is 1.11 bits per heavy atom. The Morgan fingerprint density at radius 2 is 1.74 bits per heavy atom. The van der Waals surface area contributed by atoms with Gasteiger partial charge >= 0.3 is 6.03 Å². The standard InChI is InChI=1S/C13H10F2N2O2/c14-9-6-7-10(12(18)11(9)15)17(13(16)19)8-4-2-1-3-5-8/h1-7,18H,(H2,16,19). The largest absolute Gasteiger partial charge is 0.503 e. The van der Waals surface area contributed by atoms with Crippen molar-refractivity contribution in [3.05, 3.63) is 54.1 Å². The van der Waals surface area contributed by atoms with Crippen molar-refractivity contribution in [2.75, 3.05) is 4.90 Å². The van der Waals surface area contributed by atoms with E-state index in [-0.39, 0.29) is 5.69 Å². The van der Waals surface area contributed by atoms with Crippen LogP contribution in [0.5, 0.6) is 5.75 Å². The lowest BCUT2D eigenvalue weighted by atomic mass is 10.2. The van der Waals surface area contributed by atoms with E-state index in [4.69, 9.17) is 5.73 Å². The Bertz CT molecular complexity index is 618. The van der Waals surface area contributed by atoms with Crippen molar-refractivity contribution in [1.82, 2.24) is 0 Å². The van der Waals surface area contributed by atoms with Crippen molar-refractivity contribution in [2.45, 2.75) is 0 Å². The van der Waals surface area contributed by atoms with Crippen LogP contribution in [0.25, 0.3) is 0 Å². The van der Waals surface area contributed by atoms with Gasteiger partial charge in [0.2, 0.25) is 5.82 Å². The molecule has 0 aliphatic heterocycles. The molecule has 2 amide bonds. The lowest BCUT2D eigenvalue weighted by Crippen LogP contribution is -2.31. The van der Waals surface area contributed by atoms with Gasteiger partial charge in [-0.1, -0.05) is 18.2 Å². The molecule has 0 atom stereocenters. The second-order valence-electron chi connectivity index (χ2n) is 3.74. The maximum atomic E-state index is 13.3. The highest BCUT2D eigenvalue weighted by molar-refractivity contribution is 5.99. The molecular weight excluding hydrogens is 254 g/mol. The molecule has 0 aliphatic rings. The lowest BCUT2D eigenvalue weighted by Gasteiger charge is -2.21. The van der Waals surface area contributed by atoms with Gasteiger partial charge in [0.25, 0.3) is 0 Å². The highest BCUT2D eigenvalue weighted by Gasteiger charge is 2.22. The Hall–Kier alpha value is -2.63. The Balaban J connectivity index is 2.59. The molecule has 0 fully saturated rings. The molecule has 98 valence electrons. The number of phenolic OH excluding ortho intramolecular Hbond substituents is 1. The first-order valence-corrected chi connectivity index (χ1v) is 5.34. The van der Waals surface area contributed by atoms with Gasteiger partial charge in [-0.05, 0) is 24.3 Å². The molecule has 2 aromatic carbocycles.